The SMILES string of the molecule is C1=C(n2c3ccccc3c3cc(-c4ccc5c6ccccc6n(-c6ccccc6)c5c4)ccc32)CC(c2ccccc2)c2sc3ccccc3c21. The standard InChI is InChI=1S/C48H32N2S/c1-3-13-31(14-4-1)40-29-35(30-42-39-19-9-12-22-47(39)51-48(40)42)50-44-21-11-8-18-37(44)41-27-32(24-26-45(41)50)33-23-25-38-36-17-7-10-20-43(36)49(46(38)28-33)34-15-5-2-6-16-34/h1-28,30,40H,29H2. The number of allylic oxidation sites excluding steroid dienone is 1. The monoisotopic (exact) mass is 668 g/mol. The molecular weight excluding hydrogens is 637 g/mol. The Hall–Kier alpha value is -6.16. The molecule has 240 valence electrons. The second-order valence-electron chi connectivity index (χ2n) is 13.7. The summed E-state index contributed by atoms with van der Waals surface area (Å²) in [5.41, 5.74) is 12.7. The Morgan fingerprint density at radius 3 is 1.84 bits per heavy atom. The lowest BCUT2D eigenvalue weighted by Crippen LogP contribution is -2.10. The van der Waals surface area contributed by atoms with E-state index >= 15 is 0 Å². The Bertz CT molecular complexity index is 2990. The van der Waals surface area contributed by atoms with Crippen molar-refractivity contribution in [1.29, 1.82) is 0 Å². The van der Waals surface area contributed by atoms with Gasteiger partial charge in [0.25, 0.3) is 0 Å². The maximum Gasteiger partial charge on any atom is 0.0547 e. The second-order valence-corrected chi connectivity index (χ2v) is 14.8. The van der Waals surface area contributed by atoms with E-state index in [2.05, 4.69) is 185 Å². The van der Waals surface area contributed by atoms with E-state index in [1.807, 2.05) is 11.3 Å². The third-order valence-electron chi connectivity index (χ3n) is 10.9. The molecule has 0 spiro atoms. The highest BCUT2D eigenvalue weighted by molar-refractivity contribution is 7.19. The molecule has 0 N–H and O–H groups in total. The van der Waals surface area contributed by atoms with Gasteiger partial charge in [0, 0.05) is 53.8 Å². The molecule has 0 aliphatic heterocycles. The van der Waals surface area contributed by atoms with Gasteiger partial charge in [0.2, 0.25) is 0 Å². The molecule has 0 amide bonds. The van der Waals surface area contributed by atoms with Gasteiger partial charge < -0.3 is 9.13 Å². The van der Waals surface area contributed by atoms with Gasteiger partial charge in [0.15, 0.2) is 0 Å². The van der Waals surface area contributed by atoms with Crippen LogP contribution in [0.2, 0.25) is 0 Å². The molecule has 1 aliphatic carbocycles. The molecule has 10 aromatic rings. The number of hydrogen-bond donors (Lipinski definition) is 0. The van der Waals surface area contributed by atoms with E-state index in [4.69, 9.17) is 0 Å². The van der Waals surface area contributed by atoms with E-state index in [1.54, 1.807) is 0 Å². The number of nitrogens with zero attached hydrogens (tertiary/aromatic N) is 2. The number of fused-ring (bicyclic) bond motifs is 9. The first-order chi connectivity index (χ1) is 25.3. The zero-order valence-electron chi connectivity index (χ0n) is 27.8. The van der Waals surface area contributed by atoms with Gasteiger partial charge in [0.1, 0.15) is 0 Å². The maximum absolute atomic E-state index is 2.54. The lowest BCUT2D eigenvalue weighted by molar-refractivity contribution is 0.826. The molecule has 1 unspecified atom stereocenters. The van der Waals surface area contributed by atoms with Crippen molar-refractivity contribution in [3.05, 3.63) is 186 Å². The van der Waals surface area contributed by atoms with Crippen molar-refractivity contribution in [1.82, 2.24) is 9.13 Å². The van der Waals surface area contributed by atoms with Crippen molar-refractivity contribution in [3.63, 3.8) is 0 Å². The van der Waals surface area contributed by atoms with Crippen molar-refractivity contribution in [2.75, 3.05) is 0 Å². The van der Waals surface area contributed by atoms with Crippen molar-refractivity contribution in [2.45, 2.75) is 12.3 Å². The Labute approximate surface area is 299 Å². The van der Waals surface area contributed by atoms with Crippen LogP contribution in [-0.2, 0) is 0 Å². The van der Waals surface area contributed by atoms with Crippen LogP contribution in [0.4, 0.5) is 0 Å². The van der Waals surface area contributed by atoms with Crippen molar-refractivity contribution < 1.29 is 0 Å². The van der Waals surface area contributed by atoms with E-state index in [9.17, 15) is 0 Å². The molecule has 0 saturated heterocycles. The third kappa shape index (κ3) is 4.35. The summed E-state index contributed by atoms with van der Waals surface area (Å²) in [5.74, 6) is 0.303. The van der Waals surface area contributed by atoms with Gasteiger partial charge in [-0.25, -0.2) is 0 Å². The van der Waals surface area contributed by atoms with Crippen molar-refractivity contribution in [3.8, 4) is 16.8 Å². The summed E-state index contributed by atoms with van der Waals surface area (Å²) in [6, 6.07) is 62.4. The molecule has 3 heterocycles. The van der Waals surface area contributed by atoms with Crippen LogP contribution in [0, 0.1) is 0 Å². The van der Waals surface area contributed by atoms with Crippen LogP contribution in [0.1, 0.15) is 28.3 Å². The fraction of sp³-hybridized carbons (Fsp3) is 0.0417. The van der Waals surface area contributed by atoms with Crippen LogP contribution in [-0.4, -0.2) is 9.13 Å². The summed E-state index contributed by atoms with van der Waals surface area (Å²) in [5, 5.41) is 6.46. The van der Waals surface area contributed by atoms with Crippen molar-refractivity contribution >= 4 is 76.8 Å². The molecule has 11 rings (SSSR count). The minimum absolute atomic E-state index is 0.303. The molecule has 51 heavy (non-hydrogen) atoms. The smallest absolute Gasteiger partial charge is 0.0547 e. The Kier molecular flexibility index (Phi) is 6.28. The summed E-state index contributed by atoms with van der Waals surface area (Å²) in [6.45, 7) is 0. The van der Waals surface area contributed by atoms with Gasteiger partial charge in [-0.3, -0.25) is 0 Å². The average Bonchev–Trinajstić information content (AvgIpc) is 3.85. The van der Waals surface area contributed by atoms with Gasteiger partial charge in [-0.2, -0.15) is 0 Å². The maximum atomic E-state index is 2.54. The lowest BCUT2D eigenvalue weighted by atomic mass is 9.85. The van der Waals surface area contributed by atoms with Crippen LogP contribution in [0.15, 0.2) is 170 Å². The number of para-hydroxylation sites is 3. The molecule has 2 nitrogen and oxygen atoms in total. The first-order valence-electron chi connectivity index (χ1n) is 17.7. The zero-order chi connectivity index (χ0) is 33.5. The number of hydrogen-bond acceptors (Lipinski definition) is 1. The predicted octanol–water partition coefficient (Wildman–Crippen LogP) is 13.3. The van der Waals surface area contributed by atoms with Gasteiger partial charge >= 0.3 is 0 Å². The second kappa shape index (κ2) is 11.2. The van der Waals surface area contributed by atoms with Crippen LogP contribution in [0.3, 0.4) is 0 Å². The molecule has 3 heteroatoms. The van der Waals surface area contributed by atoms with E-state index in [1.165, 1.54) is 92.2 Å². The van der Waals surface area contributed by atoms with Gasteiger partial charge in [0.05, 0.1) is 22.1 Å². The molecule has 7 aromatic carbocycles. The molecular formula is C48H32N2S. The minimum atomic E-state index is 0.303. The predicted molar refractivity (Wildman–Crippen MR) is 218 cm³/mol. The van der Waals surface area contributed by atoms with Crippen LogP contribution in [0.5, 0.6) is 0 Å². The molecule has 1 atom stereocenters. The van der Waals surface area contributed by atoms with Crippen LogP contribution in [0.25, 0.3) is 82.3 Å². The van der Waals surface area contributed by atoms with Crippen molar-refractivity contribution in [2.24, 2.45) is 0 Å². The lowest BCUT2D eigenvalue weighted by Gasteiger charge is -2.25. The third-order valence-corrected chi connectivity index (χ3v) is 12.2. The summed E-state index contributed by atoms with van der Waals surface area (Å²) in [4.78, 5) is 1.47. The highest BCUT2D eigenvalue weighted by Crippen LogP contribution is 2.49. The number of benzene rings is 7. The first kappa shape index (κ1) is 28.7. The summed E-state index contributed by atoms with van der Waals surface area (Å²) in [7, 11) is 0. The van der Waals surface area contributed by atoms with Gasteiger partial charge in [-0.15, -0.1) is 11.3 Å². The first-order valence-corrected chi connectivity index (χ1v) is 18.5. The number of aromatic nitrogens is 2. The number of rotatable bonds is 4. The van der Waals surface area contributed by atoms with E-state index in [0.29, 0.717) is 5.92 Å². The average molecular weight is 669 g/mol. The largest absolute Gasteiger partial charge is 0.313 e. The summed E-state index contributed by atoms with van der Waals surface area (Å²) < 4.78 is 6.30. The summed E-state index contributed by atoms with van der Waals surface area (Å²) in [6.07, 6.45) is 3.42. The van der Waals surface area contributed by atoms with Crippen LogP contribution < -0.4 is 0 Å². The number of thiophene rings is 1. The van der Waals surface area contributed by atoms with E-state index in [0.717, 1.165) is 6.42 Å². The van der Waals surface area contributed by atoms with Gasteiger partial charge in [-0.05, 0) is 83.3 Å². The molecule has 0 bridgehead atoms. The highest BCUT2D eigenvalue weighted by atomic mass is 32.1. The van der Waals surface area contributed by atoms with Gasteiger partial charge in [-0.1, -0.05) is 121 Å². The highest BCUT2D eigenvalue weighted by Gasteiger charge is 2.29. The fourth-order valence-corrected chi connectivity index (χ4v) is 9.91. The molecule has 0 fully saturated rings. The fourth-order valence-electron chi connectivity index (χ4n) is 8.60. The normalized spacial score (nSPS) is 14.5. The topological polar surface area (TPSA) is 9.86 Å². The summed E-state index contributed by atoms with van der Waals surface area (Å²) >= 11 is 1.95. The molecule has 0 saturated carbocycles. The Morgan fingerprint density at radius 1 is 0.451 bits per heavy atom. The molecule has 0 radical (unpaired) electrons. The zero-order valence-corrected chi connectivity index (χ0v) is 28.6. The minimum Gasteiger partial charge on any atom is -0.313 e. The Balaban J connectivity index is 1.11. The van der Waals surface area contributed by atoms with Crippen LogP contribution >= 0.6 is 11.3 Å². The molecule has 3 aromatic heterocycles. The quantitative estimate of drug-likeness (QED) is 0.177. The van der Waals surface area contributed by atoms with E-state index < -0.39 is 0 Å². The molecule has 1 aliphatic rings. The Morgan fingerprint density at radius 2 is 1.04 bits per heavy atom. The van der Waals surface area contributed by atoms with E-state index in [-0.39, 0.29) is 0 Å².